The summed E-state index contributed by atoms with van der Waals surface area (Å²) >= 11 is 0. The summed E-state index contributed by atoms with van der Waals surface area (Å²) in [6.45, 7) is 2.15. The van der Waals surface area contributed by atoms with E-state index in [9.17, 15) is 10.1 Å². The van der Waals surface area contributed by atoms with Crippen LogP contribution in [0.25, 0.3) is 0 Å². The highest BCUT2D eigenvalue weighted by Crippen LogP contribution is 2.30. The summed E-state index contributed by atoms with van der Waals surface area (Å²) in [7, 11) is 0. The molecule has 0 radical (unpaired) electrons. The number of hydrogen-bond donors (Lipinski definition) is 0. The molecular weight excluding hydrogens is 270 g/mol. The third-order valence-corrected chi connectivity index (χ3v) is 3.47. The lowest BCUT2D eigenvalue weighted by Crippen LogP contribution is -2.17. The zero-order valence-corrected chi connectivity index (χ0v) is 11.4. The molecule has 6 nitrogen and oxygen atoms in total. The van der Waals surface area contributed by atoms with Gasteiger partial charge in [-0.1, -0.05) is 0 Å². The Hall–Kier alpha value is -2.63. The molecule has 1 fully saturated rings. The molecule has 6 heteroatoms. The smallest absolute Gasteiger partial charge is 0.331 e. The van der Waals surface area contributed by atoms with Crippen molar-refractivity contribution in [3.05, 3.63) is 52.7 Å². The van der Waals surface area contributed by atoms with Crippen molar-refractivity contribution in [2.45, 2.75) is 12.8 Å². The number of pyridine rings is 1. The van der Waals surface area contributed by atoms with Crippen molar-refractivity contribution in [2.24, 2.45) is 0 Å². The third kappa shape index (κ3) is 2.94. The Bertz CT molecular complexity index is 637. The van der Waals surface area contributed by atoms with Crippen LogP contribution < -0.4 is 9.64 Å². The number of benzene rings is 1. The van der Waals surface area contributed by atoms with Crippen molar-refractivity contribution in [2.75, 3.05) is 18.0 Å². The first-order valence-corrected chi connectivity index (χ1v) is 6.86. The van der Waals surface area contributed by atoms with Crippen molar-refractivity contribution in [3.63, 3.8) is 0 Å². The lowest BCUT2D eigenvalue weighted by atomic mass is 10.3. The van der Waals surface area contributed by atoms with Crippen LogP contribution in [0.15, 0.2) is 42.6 Å². The molecule has 1 aromatic heterocycles. The van der Waals surface area contributed by atoms with Crippen LogP contribution in [0.3, 0.4) is 0 Å². The van der Waals surface area contributed by atoms with E-state index in [4.69, 9.17) is 4.74 Å². The molecule has 1 aliphatic heterocycles. The molecule has 1 aliphatic rings. The SMILES string of the molecule is O=[N+]([O-])c1cccnc1Oc1ccc(N2CCCC2)cc1. The molecule has 0 amide bonds. The summed E-state index contributed by atoms with van der Waals surface area (Å²) in [6.07, 6.45) is 3.91. The molecule has 1 saturated heterocycles. The summed E-state index contributed by atoms with van der Waals surface area (Å²) in [5.41, 5.74) is 1.01. The van der Waals surface area contributed by atoms with E-state index in [0.29, 0.717) is 5.75 Å². The van der Waals surface area contributed by atoms with Gasteiger partial charge in [0.05, 0.1) is 4.92 Å². The molecule has 0 spiro atoms. The van der Waals surface area contributed by atoms with Crippen molar-refractivity contribution in [1.29, 1.82) is 0 Å². The molecule has 0 atom stereocenters. The predicted molar refractivity (Wildman–Crippen MR) is 78.9 cm³/mol. The summed E-state index contributed by atoms with van der Waals surface area (Å²) in [6, 6.07) is 10.4. The van der Waals surface area contributed by atoms with Crippen molar-refractivity contribution >= 4 is 11.4 Å². The van der Waals surface area contributed by atoms with Crippen LogP contribution in [0.2, 0.25) is 0 Å². The van der Waals surface area contributed by atoms with Gasteiger partial charge in [0.25, 0.3) is 5.88 Å². The Morgan fingerprint density at radius 1 is 1.14 bits per heavy atom. The van der Waals surface area contributed by atoms with Gasteiger partial charge in [-0.25, -0.2) is 4.98 Å². The first kappa shape index (κ1) is 13.4. The maximum absolute atomic E-state index is 10.9. The Balaban J connectivity index is 1.77. The van der Waals surface area contributed by atoms with E-state index in [1.54, 1.807) is 0 Å². The molecule has 0 aliphatic carbocycles. The molecule has 21 heavy (non-hydrogen) atoms. The van der Waals surface area contributed by atoms with Gasteiger partial charge >= 0.3 is 5.69 Å². The van der Waals surface area contributed by atoms with Crippen LogP contribution in [0.5, 0.6) is 11.6 Å². The standard InChI is InChI=1S/C15H15N3O3/c19-18(20)14-4-3-9-16-15(14)21-13-7-5-12(6-8-13)17-10-1-2-11-17/h3-9H,1-2,10-11H2. The van der Waals surface area contributed by atoms with Gasteiger partial charge in [-0.15, -0.1) is 0 Å². The second-order valence-corrected chi connectivity index (χ2v) is 4.87. The van der Waals surface area contributed by atoms with Gasteiger partial charge < -0.3 is 9.64 Å². The fourth-order valence-corrected chi connectivity index (χ4v) is 2.41. The number of nitrogens with zero attached hydrogens (tertiary/aromatic N) is 3. The fourth-order valence-electron chi connectivity index (χ4n) is 2.41. The molecule has 2 aromatic rings. The zero-order chi connectivity index (χ0) is 14.7. The first-order chi connectivity index (χ1) is 10.2. The molecule has 0 saturated carbocycles. The highest BCUT2D eigenvalue weighted by atomic mass is 16.6. The minimum absolute atomic E-state index is 0.0106. The number of aromatic nitrogens is 1. The molecule has 0 N–H and O–H groups in total. The van der Waals surface area contributed by atoms with E-state index in [0.717, 1.165) is 18.8 Å². The van der Waals surface area contributed by atoms with Gasteiger partial charge in [0.15, 0.2) is 0 Å². The number of hydrogen-bond acceptors (Lipinski definition) is 5. The highest BCUT2D eigenvalue weighted by Gasteiger charge is 2.17. The van der Waals surface area contributed by atoms with Crippen LogP contribution in [-0.4, -0.2) is 23.0 Å². The second kappa shape index (κ2) is 5.78. The van der Waals surface area contributed by atoms with E-state index in [1.807, 2.05) is 24.3 Å². The minimum Gasteiger partial charge on any atom is -0.434 e. The first-order valence-electron chi connectivity index (χ1n) is 6.86. The maximum Gasteiger partial charge on any atom is 0.331 e. The molecule has 3 rings (SSSR count). The van der Waals surface area contributed by atoms with Gasteiger partial charge in [0.2, 0.25) is 0 Å². The molecule has 0 bridgehead atoms. The average Bonchev–Trinajstić information content (AvgIpc) is 3.03. The lowest BCUT2D eigenvalue weighted by molar-refractivity contribution is -0.386. The van der Waals surface area contributed by atoms with Gasteiger partial charge in [0, 0.05) is 31.0 Å². The van der Waals surface area contributed by atoms with Crippen LogP contribution in [0.1, 0.15) is 12.8 Å². The molecule has 108 valence electrons. The predicted octanol–water partition coefficient (Wildman–Crippen LogP) is 3.38. The van der Waals surface area contributed by atoms with Gasteiger partial charge in [0.1, 0.15) is 5.75 Å². The van der Waals surface area contributed by atoms with E-state index in [-0.39, 0.29) is 11.6 Å². The summed E-state index contributed by atoms with van der Waals surface area (Å²) in [5.74, 6) is 0.552. The van der Waals surface area contributed by atoms with E-state index in [2.05, 4.69) is 9.88 Å². The number of rotatable bonds is 4. The maximum atomic E-state index is 10.9. The number of nitro groups is 1. The van der Waals surface area contributed by atoms with Crippen LogP contribution in [0, 0.1) is 10.1 Å². The Labute approximate surface area is 122 Å². The van der Waals surface area contributed by atoms with E-state index < -0.39 is 4.92 Å². The summed E-state index contributed by atoms with van der Waals surface area (Å²) in [4.78, 5) is 16.7. The second-order valence-electron chi connectivity index (χ2n) is 4.87. The van der Waals surface area contributed by atoms with E-state index in [1.165, 1.54) is 31.2 Å². The van der Waals surface area contributed by atoms with Gasteiger partial charge in [-0.3, -0.25) is 10.1 Å². The van der Waals surface area contributed by atoms with Crippen molar-refractivity contribution in [3.8, 4) is 11.6 Å². The van der Waals surface area contributed by atoms with Crippen LogP contribution in [-0.2, 0) is 0 Å². The largest absolute Gasteiger partial charge is 0.434 e. The third-order valence-electron chi connectivity index (χ3n) is 3.47. The van der Waals surface area contributed by atoms with Gasteiger partial charge in [-0.05, 0) is 43.2 Å². The van der Waals surface area contributed by atoms with E-state index >= 15 is 0 Å². The number of ether oxygens (including phenoxy) is 1. The summed E-state index contributed by atoms with van der Waals surface area (Å²) in [5, 5.41) is 10.9. The fraction of sp³-hybridized carbons (Fsp3) is 0.267. The monoisotopic (exact) mass is 285 g/mol. The van der Waals surface area contributed by atoms with Crippen molar-refractivity contribution in [1.82, 2.24) is 4.98 Å². The molecule has 1 aromatic carbocycles. The average molecular weight is 285 g/mol. The van der Waals surface area contributed by atoms with Crippen LogP contribution >= 0.6 is 0 Å². The highest BCUT2D eigenvalue weighted by molar-refractivity contribution is 5.51. The zero-order valence-electron chi connectivity index (χ0n) is 11.4. The minimum atomic E-state index is -0.499. The summed E-state index contributed by atoms with van der Waals surface area (Å²) < 4.78 is 5.52. The Kier molecular flexibility index (Phi) is 3.68. The number of anilines is 1. The lowest BCUT2D eigenvalue weighted by Gasteiger charge is -2.17. The quantitative estimate of drug-likeness (QED) is 0.636. The normalized spacial score (nSPS) is 14.2. The van der Waals surface area contributed by atoms with Gasteiger partial charge in [-0.2, -0.15) is 0 Å². The molecular formula is C15H15N3O3. The Morgan fingerprint density at radius 2 is 1.86 bits per heavy atom. The molecule has 2 heterocycles. The van der Waals surface area contributed by atoms with Crippen molar-refractivity contribution < 1.29 is 9.66 Å². The topological polar surface area (TPSA) is 68.5 Å². The van der Waals surface area contributed by atoms with Crippen LogP contribution in [0.4, 0.5) is 11.4 Å². The Morgan fingerprint density at radius 3 is 2.52 bits per heavy atom. The molecule has 0 unspecified atom stereocenters.